The summed E-state index contributed by atoms with van der Waals surface area (Å²) in [5, 5.41) is 0.104. The average Bonchev–Trinajstić information content (AvgIpc) is 2.27. The van der Waals surface area contributed by atoms with Gasteiger partial charge in [-0.25, -0.2) is 13.1 Å². The maximum absolute atomic E-state index is 12.3. The minimum Gasteiger partial charge on any atom is -0.399 e. The number of hydrogen-bond acceptors (Lipinski definition) is 4. The minimum absolute atomic E-state index is 0.0186. The Kier molecular flexibility index (Phi) is 5.61. The molecule has 19 heavy (non-hydrogen) atoms. The van der Waals surface area contributed by atoms with Crippen LogP contribution in [0.1, 0.15) is 13.8 Å². The Morgan fingerprint density at radius 3 is 2.53 bits per heavy atom. The molecule has 0 aliphatic heterocycles. The molecule has 1 aromatic rings. The number of benzene rings is 1. The van der Waals surface area contributed by atoms with Gasteiger partial charge >= 0.3 is 0 Å². The summed E-state index contributed by atoms with van der Waals surface area (Å²) in [6.45, 7) is 4.12. The van der Waals surface area contributed by atoms with Gasteiger partial charge in [0, 0.05) is 18.8 Å². The van der Waals surface area contributed by atoms with Crippen LogP contribution >= 0.6 is 11.6 Å². The van der Waals surface area contributed by atoms with Gasteiger partial charge in [0.1, 0.15) is 4.90 Å². The highest BCUT2D eigenvalue weighted by Gasteiger charge is 2.24. The molecule has 1 atom stereocenters. The van der Waals surface area contributed by atoms with Crippen molar-refractivity contribution < 1.29 is 13.2 Å². The average molecular weight is 307 g/mol. The molecule has 0 aliphatic rings. The second-order valence-corrected chi connectivity index (χ2v) is 6.71. The number of nitrogens with one attached hydrogen (secondary N) is 1. The summed E-state index contributed by atoms with van der Waals surface area (Å²) in [5.74, 6) is 0.0993. The highest BCUT2D eigenvalue weighted by molar-refractivity contribution is 7.89. The normalized spacial score (nSPS) is 13.7. The second-order valence-electron chi connectivity index (χ2n) is 4.62. The zero-order valence-electron chi connectivity index (χ0n) is 11.2. The van der Waals surface area contributed by atoms with E-state index < -0.39 is 10.0 Å². The number of anilines is 1. The molecule has 3 N–H and O–H groups in total. The lowest BCUT2D eigenvalue weighted by atomic mass is 10.1. The zero-order valence-corrected chi connectivity index (χ0v) is 12.8. The Balaban J connectivity index is 3.03. The van der Waals surface area contributed by atoms with E-state index in [-0.39, 0.29) is 21.9 Å². The van der Waals surface area contributed by atoms with Crippen LogP contribution in [0.4, 0.5) is 5.69 Å². The lowest BCUT2D eigenvalue weighted by Gasteiger charge is -2.21. The Morgan fingerprint density at radius 1 is 1.42 bits per heavy atom. The van der Waals surface area contributed by atoms with Gasteiger partial charge in [0.2, 0.25) is 10.0 Å². The number of nitrogen functional groups attached to an aromatic ring is 1. The summed E-state index contributed by atoms with van der Waals surface area (Å²) in [6, 6.07) is 3.99. The standard InChI is InChI=1S/C12H19ClN2O3S/c1-8(2)11(7-18-3)15-19(16,17)12-5-4-9(14)6-10(12)13/h4-6,8,11,15H,7,14H2,1-3H3. The van der Waals surface area contributed by atoms with Crippen molar-refractivity contribution in [1.29, 1.82) is 0 Å². The van der Waals surface area contributed by atoms with E-state index >= 15 is 0 Å². The van der Waals surface area contributed by atoms with Crippen LogP contribution in [-0.2, 0) is 14.8 Å². The van der Waals surface area contributed by atoms with Crippen molar-refractivity contribution in [2.24, 2.45) is 5.92 Å². The van der Waals surface area contributed by atoms with Crippen molar-refractivity contribution in [3.05, 3.63) is 23.2 Å². The molecule has 0 fully saturated rings. The zero-order chi connectivity index (χ0) is 14.6. The van der Waals surface area contributed by atoms with Gasteiger partial charge in [-0.1, -0.05) is 25.4 Å². The first-order valence-corrected chi connectivity index (χ1v) is 7.70. The summed E-state index contributed by atoms with van der Waals surface area (Å²) >= 11 is 5.92. The Bertz CT molecular complexity index is 532. The van der Waals surface area contributed by atoms with Gasteiger partial charge in [0.15, 0.2) is 0 Å². The summed E-state index contributed by atoms with van der Waals surface area (Å²) < 4.78 is 32.1. The van der Waals surface area contributed by atoms with Gasteiger partial charge in [-0.2, -0.15) is 0 Å². The van der Waals surface area contributed by atoms with E-state index in [1.165, 1.54) is 25.3 Å². The van der Waals surface area contributed by atoms with E-state index in [0.717, 1.165) is 0 Å². The van der Waals surface area contributed by atoms with Crippen LogP contribution in [0.2, 0.25) is 5.02 Å². The first-order chi connectivity index (χ1) is 8.77. The molecule has 7 heteroatoms. The molecule has 0 heterocycles. The smallest absolute Gasteiger partial charge is 0.242 e. The number of ether oxygens (including phenoxy) is 1. The summed E-state index contributed by atoms with van der Waals surface area (Å²) in [7, 11) is -2.16. The topological polar surface area (TPSA) is 81.4 Å². The van der Waals surface area contributed by atoms with Crippen molar-refractivity contribution >= 4 is 27.3 Å². The van der Waals surface area contributed by atoms with E-state index in [1.54, 1.807) is 0 Å². The summed E-state index contributed by atoms with van der Waals surface area (Å²) in [5.41, 5.74) is 5.97. The maximum Gasteiger partial charge on any atom is 0.242 e. The number of halogens is 1. The van der Waals surface area contributed by atoms with Crippen LogP contribution in [0.15, 0.2) is 23.1 Å². The predicted octanol–water partition coefficient (Wildman–Crippen LogP) is 1.87. The highest BCUT2D eigenvalue weighted by Crippen LogP contribution is 2.24. The SMILES string of the molecule is COCC(NS(=O)(=O)c1ccc(N)cc1Cl)C(C)C. The Labute approximate surface area is 119 Å². The van der Waals surface area contributed by atoms with E-state index in [0.29, 0.717) is 12.3 Å². The first kappa shape index (κ1) is 16.2. The fourth-order valence-electron chi connectivity index (χ4n) is 1.54. The van der Waals surface area contributed by atoms with E-state index in [2.05, 4.69) is 4.72 Å². The Morgan fingerprint density at radius 2 is 2.05 bits per heavy atom. The fourth-order valence-corrected chi connectivity index (χ4v) is 3.46. The number of rotatable bonds is 6. The van der Waals surface area contributed by atoms with Gasteiger partial charge in [-0.05, 0) is 24.1 Å². The molecule has 1 unspecified atom stereocenters. The van der Waals surface area contributed by atoms with E-state index in [4.69, 9.17) is 22.1 Å². The highest BCUT2D eigenvalue weighted by atomic mass is 35.5. The molecule has 5 nitrogen and oxygen atoms in total. The van der Waals surface area contributed by atoms with Gasteiger partial charge in [-0.15, -0.1) is 0 Å². The van der Waals surface area contributed by atoms with Gasteiger partial charge in [0.05, 0.1) is 11.6 Å². The molecule has 1 rings (SSSR count). The monoisotopic (exact) mass is 306 g/mol. The largest absolute Gasteiger partial charge is 0.399 e. The van der Waals surface area contributed by atoms with Crippen molar-refractivity contribution in [3.63, 3.8) is 0 Å². The second kappa shape index (κ2) is 6.56. The van der Waals surface area contributed by atoms with Crippen LogP contribution < -0.4 is 10.5 Å². The first-order valence-electron chi connectivity index (χ1n) is 5.84. The molecular formula is C12H19ClN2O3S. The van der Waals surface area contributed by atoms with Crippen LogP contribution in [0.5, 0.6) is 0 Å². The molecule has 0 radical (unpaired) electrons. The number of nitrogens with two attached hydrogens (primary N) is 1. The third kappa shape index (κ3) is 4.35. The summed E-state index contributed by atoms with van der Waals surface area (Å²) in [4.78, 5) is 0.0186. The predicted molar refractivity (Wildman–Crippen MR) is 76.7 cm³/mol. The molecule has 0 spiro atoms. The van der Waals surface area contributed by atoms with Gasteiger partial charge in [0.25, 0.3) is 0 Å². The molecule has 0 aromatic heterocycles. The molecule has 0 bridgehead atoms. The Hall–Kier alpha value is -0.820. The third-order valence-corrected chi connectivity index (χ3v) is 4.68. The molecular weight excluding hydrogens is 288 g/mol. The third-order valence-electron chi connectivity index (χ3n) is 2.70. The van der Waals surface area contributed by atoms with E-state index in [9.17, 15) is 8.42 Å². The van der Waals surface area contributed by atoms with Crippen molar-refractivity contribution in [2.75, 3.05) is 19.5 Å². The van der Waals surface area contributed by atoms with E-state index in [1.807, 2.05) is 13.8 Å². The number of sulfonamides is 1. The lowest BCUT2D eigenvalue weighted by molar-refractivity contribution is 0.157. The maximum atomic E-state index is 12.3. The molecule has 108 valence electrons. The molecule has 0 saturated heterocycles. The van der Waals surface area contributed by atoms with Gasteiger partial charge in [-0.3, -0.25) is 0 Å². The summed E-state index contributed by atoms with van der Waals surface area (Å²) in [6.07, 6.45) is 0. The molecule has 0 amide bonds. The fraction of sp³-hybridized carbons (Fsp3) is 0.500. The van der Waals surface area contributed by atoms with Crippen molar-refractivity contribution in [3.8, 4) is 0 Å². The van der Waals surface area contributed by atoms with Crippen molar-refractivity contribution in [1.82, 2.24) is 4.72 Å². The molecule has 0 aliphatic carbocycles. The molecule has 1 aromatic carbocycles. The van der Waals surface area contributed by atoms with Crippen LogP contribution in [0, 0.1) is 5.92 Å². The van der Waals surface area contributed by atoms with Crippen LogP contribution in [0.25, 0.3) is 0 Å². The molecule has 0 saturated carbocycles. The van der Waals surface area contributed by atoms with Crippen molar-refractivity contribution in [2.45, 2.75) is 24.8 Å². The minimum atomic E-state index is -3.69. The van der Waals surface area contributed by atoms with Gasteiger partial charge < -0.3 is 10.5 Å². The van der Waals surface area contributed by atoms with Crippen LogP contribution in [0.3, 0.4) is 0 Å². The quantitative estimate of drug-likeness (QED) is 0.786. The number of hydrogen-bond donors (Lipinski definition) is 2. The lowest BCUT2D eigenvalue weighted by Crippen LogP contribution is -2.41. The van der Waals surface area contributed by atoms with Crippen LogP contribution in [-0.4, -0.2) is 28.2 Å². The number of methoxy groups -OCH3 is 1.